The zero-order valence-corrected chi connectivity index (χ0v) is 24.1. The molecule has 1 N–H and O–H groups in total. The van der Waals surface area contributed by atoms with Crippen LogP contribution in [0, 0.1) is 0 Å². The van der Waals surface area contributed by atoms with Gasteiger partial charge in [0.1, 0.15) is 11.2 Å². The summed E-state index contributed by atoms with van der Waals surface area (Å²) in [5.41, 5.74) is 4.58. The Morgan fingerprint density at radius 2 is 1.54 bits per heavy atom. The lowest BCUT2D eigenvalue weighted by Crippen LogP contribution is -2.49. The van der Waals surface area contributed by atoms with Gasteiger partial charge in [0.25, 0.3) is 0 Å². The van der Waals surface area contributed by atoms with Gasteiger partial charge in [-0.25, -0.2) is 9.97 Å². The molecule has 0 bridgehead atoms. The summed E-state index contributed by atoms with van der Waals surface area (Å²) in [6.07, 6.45) is 0. The Balaban J connectivity index is 1.32. The Hall–Kier alpha value is -4.04. The van der Waals surface area contributed by atoms with Crippen LogP contribution in [-0.2, 0) is 4.65 Å². The molecule has 0 atom stereocenters. The first-order chi connectivity index (χ1) is 19.7. The minimum Gasteiger partial charge on any atom is -0.456 e. The number of rotatable bonds is 6. The Labute approximate surface area is 242 Å². The Bertz CT molecular complexity index is 2070. The van der Waals surface area contributed by atoms with E-state index < -0.39 is 11.2 Å². The molecule has 0 aliphatic carbocycles. The van der Waals surface area contributed by atoms with Crippen LogP contribution < -0.4 is 5.46 Å². The number of fused-ring (bicyclic) bond motifs is 6. The number of aliphatic hydroxyl groups is 1. The van der Waals surface area contributed by atoms with Gasteiger partial charge < -0.3 is 14.2 Å². The molecule has 41 heavy (non-hydrogen) atoms. The molecule has 7 heteroatoms. The molecule has 0 amide bonds. The van der Waals surface area contributed by atoms with Crippen LogP contribution in [0.5, 0.6) is 0 Å². The minimum absolute atomic E-state index is 0.665. The molecule has 7 aromatic rings. The van der Waals surface area contributed by atoms with E-state index in [0.717, 1.165) is 59.8 Å². The van der Waals surface area contributed by atoms with E-state index in [2.05, 4.69) is 54.6 Å². The fraction of sp³-hybridized carbons (Fsp3) is 0.176. The Morgan fingerprint density at radius 3 is 2.34 bits per heavy atom. The van der Waals surface area contributed by atoms with E-state index in [0.29, 0.717) is 5.82 Å². The second kappa shape index (κ2) is 9.52. The summed E-state index contributed by atoms with van der Waals surface area (Å²) < 4.78 is 14.5. The summed E-state index contributed by atoms with van der Waals surface area (Å²) in [7, 11) is 1.70. The van der Waals surface area contributed by atoms with Crippen molar-refractivity contribution in [3.8, 4) is 22.6 Å². The molecule has 4 aromatic carbocycles. The lowest BCUT2D eigenvalue weighted by Gasteiger charge is -2.37. The smallest absolute Gasteiger partial charge is 0.330 e. The number of nitrogens with zero attached hydrogens (tertiary/aromatic N) is 2. The highest BCUT2D eigenvalue weighted by atomic mass is 32.1. The van der Waals surface area contributed by atoms with E-state index in [4.69, 9.17) is 19.0 Å². The number of hydrogen-bond donors (Lipinski definition) is 1. The highest BCUT2D eigenvalue weighted by Gasteiger charge is 2.35. The molecule has 5 nitrogen and oxygen atoms in total. The average Bonchev–Trinajstić information content (AvgIpc) is 3.53. The Kier molecular flexibility index (Phi) is 6.01. The van der Waals surface area contributed by atoms with E-state index in [-0.39, 0.29) is 0 Å². The normalized spacial score (nSPS) is 12.6. The number of hydrogen-bond acceptors (Lipinski definition) is 6. The summed E-state index contributed by atoms with van der Waals surface area (Å²) >= 11 is 1.73. The predicted octanol–water partition coefficient (Wildman–Crippen LogP) is 7.89. The molecular formula is C34H28BN2O3S. The van der Waals surface area contributed by atoms with Crippen LogP contribution in [0.25, 0.3) is 64.9 Å². The van der Waals surface area contributed by atoms with Gasteiger partial charge in [-0.15, -0.1) is 11.3 Å². The maximum Gasteiger partial charge on any atom is 0.330 e. The van der Waals surface area contributed by atoms with E-state index in [1.54, 1.807) is 32.7 Å². The van der Waals surface area contributed by atoms with Crippen molar-refractivity contribution in [1.82, 2.24) is 9.97 Å². The van der Waals surface area contributed by atoms with Crippen molar-refractivity contribution in [3.63, 3.8) is 0 Å². The molecule has 0 aliphatic heterocycles. The van der Waals surface area contributed by atoms with E-state index in [9.17, 15) is 5.11 Å². The van der Waals surface area contributed by atoms with Gasteiger partial charge in [-0.05, 0) is 52.0 Å². The Morgan fingerprint density at radius 1 is 0.756 bits per heavy atom. The molecule has 3 heterocycles. The third kappa shape index (κ3) is 4.51. The van der Waals surface area contributed by atoms with Gasteiger partial charge in [0, 0.05) is 32.0 Å². The van der Waals surface area contributed by atoms with E-state index in [1.807, 2.05) is 50.2 Å². The molecule has 3 aromatic heterocycles. The van der Waals surface area contributed by atoms with Gasteiger partial charge in [0.2, 0.25) is 0 Å². The lowest BCUT2D eigenvalue weighted by atomic mass is 9.82. The predicted molar refractivity (Wildman–Crippen MR) is 170 cm³/mol. The largest absolute Gasteiger partial charge is 0.456 e. The summed E-state index contributed by atoms with van der Waals surface area (Å²) in [4.78, 5) is 10.2. The van der Waals surface area contributed by atoms with Crippen LogP contribution in [0.2, 0.25) is 0 Å². The third-order valence-corrected chi connectivity index (χ3v) is 9.15. The highest BCUT2D eigenvalue weighted by molar-refractivity contribution is 7.26. The van der Waals surface area contributed by atoms with E-state index in [1.165, 1.54) is 4.70 Å². The van der Waals surface area contributed by atoms with Crippen molar-refractivity contribution in [3.05, 3.63) is 91.0 Å². The molecule has 7 rings (SSSR count). The van der Waals surface area contributed by atoms with Crippen molar-refractivity contribution in [2.24, 2.45) is 0 Å². The number of benzene rings is 4. The molecule has 0 fully saturated rings. The maximum absolute atomic E-state index is 10.4. The number of thiophene rings is 1. The van der Waals surface area contributed by atoms with Crippen molar-refractivity contribution in [2.45, 2.75) is 38.9 Å². The molecular weight excluding hydrogens is 527 g/mol. The molecule has 1 radical (unpaired) electrons. The van der Waals surface area contributed by atoms with Crippen molar-refractivity contribution in [2.75, 3.05) is 0 Å². The first-order valence-electron chi connectivity index (χ1n) is 13.6. The third-order valence-electron chi connectivity index (χ3n) is 7.98. The second-order valence-electron chi connectivity index (χ2n) is 11.4. The van der Waals surface area contributed by atoms with Crippen molar-refractivity contribution >= 4 is 66.5 Å². The molecule has 0 saturated carbocycles. The summed E-state index contributed by atoms with van der Waals surface area (Å²) in [5, 5.41) is 13.6. The molecule has 0 aliphatic rings. The van der Waals surface area contributed by atoms with Crippen molar-refractivity contribution < 1.29 is 14.2 Å². The molecule has 201 valence electrons. The van der Waals surface area contributed by atoms with Crippen LogP contribution in [0.1, 0.15) is 27.7 Å². The van der Waals surface area contributed by atoms with Crippen LogP contribution in [0.15, 0.2) is 95.4 Å². The average molecular weight is 555 g/mol. The standard InChI is InChI=1S/C34H28BN2O3S/c1-33(2,38)34(3,4)40-35-22-15-17-26-25(19-22)23-16-14-21(18-27(23)39-26)32-36-29(20-10-6-5-7-11-20)31-30(37-32)24-12-8-9-13-28(24)41-31/h5-19,38H,1-4H3. The first kappa shape index (κ1) is 25.9. The zero-order chi connectivity index (χ0) is 28.4. The molecule has 0 unspecified atom stereocenters. The minimum atomic E-state index is -0.993. The fourth-order valence-corrected chi connectivity index (χ4v) is 6.03. The molecule has 0 saturated heterocycles. The monoisotopic (exact) mass is 555 g/mol. The maximum atomic E-state index is 10.4. The SMILES string of the molecule is CC(C)(O)C(C)(C)O[B]c1ccc2oc3cc(-c4nc(-c5ccccc5)c5sc6ccccc6c5n4)ccc3c2c1. The van der Waals surface area contributed by atoms with Gasteiger partial charge >= 0.3 is 7.48 Å². The summed E-state index contributed by atoms with van der Waals surface area (Å²) in [5.74, 6) is 0.665. The summed E-state index contributed by atoms with van der Waals surface area (Å²) in [6.45, 7) is 7.24. The first-order valence-corrected chi connectivity index (χ1v) is 14.4. The zero-order valence-electron chi connectivity index (χ0n) is 23.3. The molecule has 0 spiro atoms. The number of furan rings is 1. The van der Waals surface area contributed by atoms with Crippen LogP contribution in [0.4, 0.5) is 0 Å². The van der Waals surface area contributed by atoms with Crippen LogP contribution in [0.3, 0.4) is 0 Å². The van der Waals surface area contributed by atoms with Crippen LogP contribution >= 0.6 is 11.3 Å². The van der Waals surface area contributed by atoms with Gasteiger partial charge in [-0.3, -0.25) is 0 Å². The second-order valence-corrected chi connectivity index (χ2v) is 12.5. The fourth-order valence-electron chi connectivity index (χ4n) is 4.88. The van der Waals surface area contributed by atoms with E-state index >= 15 is 0 Å². The number of aromatic nitrogens is 2. The van der Waals surface area contributed by atoms with Crippen molar-refractivity contribution in [1.29, 1.82) is 0 Å². The highest BCUT2D eigenvalue weighted by Crippen LogP contribution is 2.40. The van der Waals surface area contributed by atoms with Gasteiger partial charge in [0.05, 0.1) is 27.1 Å². The van der Waals surface area contributed by atoms with Gasteiger partial charge in [-0.2, -0.15) is 0 Å². The topological polar surface area (TPSA) is 68.4 Å². The lowest BCUT2D eigenvalue weighted by molar-refractivity contribution is -0.0893. The van der Waals surface area contributed by atoms with Gasteiger partial charge in [-0.1, -0.05) is 72.2 Å². The quantitative estimate of drug-likeness (QED) is 0.211. The van der Waals surface area contributed by atoms with Gasteiger partial charge in [0.15, 0.2) is 5.82 Å². The van der Waals surface area contributed by atoms with Crippen LogP contribution in [-0.4, -0.2) is 33.8 Å². The summed E-state index contributed by atoms with van der Waals surface area (Å²) in [6, 6.07) is 30.8.